The molecule has 1 aromatic rings. The van der Waals surface area contributed by atoms with Crippen LogP contribution in [0.4, 0.5) is 10.2 Å². The number of carbonyl (C=O) groups is 1. The molecule has 3 N–H and O–H groups in total. The van der Waals surface area contributed by atoms with Gasteiger partial charge >= 0.3 is 0 Å². The third-order valence-electron chi connectivity index (χ3n) is 3.33. The Morgan fingerprint density at radius 3 is 2.72 bits per heavy atom. The van der Waals surface area contributed by atoms with Crippen LogP contribution in [-0.2, 0) is 0 Å². The number of amides is 1. The Balaban J connectivity index is 2.15. The van der Waals surface area contributed by atoms with E-state index >= 15 is 0 Å². The number of carbonyl (C=O) groups excluding carboxylic acids is 1. The first kappa shape index (κ1) is 12.8. The van der Waals surface area contributed by atoms with Crippen molar-refractivity contribution >= 4 is 11.6 Å². The van der Waals surface area contributed by atoms with Gasteiger partial charge in [0.15, 0.2) is 0 Å². The molecule has 5 heteroatoms. The van der Waals surface area contributed by atoms with Gasteiger partial charge in [-0.1, -0.05) is 29.5 Å². The number of hydrogen-bond acceptors (Lipinski definition) is 3. The molecule has 0 saturated heterocycles. The fourth-order valence-corrected chi connectivity index (χ4v) is 2.34. The number of anilines is 1. The highest BCUT2D eigenvalue weighted by atomic mass is 19.2. The minimum absolute atomic E-state index is 0.0766. The van der Waals surface area contributed by atoms with E-state index in [-0.39, 0.29) is 11.6 Å². The zero-order valence-corrected chi connectivity index (χ0v) is 10.0. The summed E-state index contributed by atoms with van der Waals surface area (Å²) in [6.45, 7) is 0. The van der Waals surface area contributed by atoms with Crippen LogP contribution in [-0.4, -0.2) is 23.2 Å². The van der Waals surface area contributed by atoms with E-state index in [0.717, 1.165) is 31.2 Å². The third kappa shape index (κ3) is 2.79. The summed E-state index contributed by atoms with van der Waals surface area (Å²) in [4.78, 5) is 11.4. The Bertz CT molecular complexity index is 425. The highest BCUT2D eigenvalue weighted by Crippen LogP contribution is 2.24. The second-order valence-electron chi connectivity index (χ2n) is 4.57. The maximum absolute atomic E-state index is 12.2. The van der Waals surface area contributed by atoms with Gasteiger partial charge in [-0.2, -0.15) is 5.54 Å². The van der Waals surface area contributed by atoms with Crippen molar-refractivity contribution in [3.63, 3.8) is 0 Å². The minimum Gasteiger partial charge on any atom is -0.391 e. The van der Waals surface area contributed by atoms with E-state index in [1.165, 1.54) is 0 Å². The molecule has 0 spiro atoms. The Hall–Kier alpha value is -1.62. The van der Waals surface area contributed by atoms with Crippen LogP contribution in [0.2, 0.25) is 0 Å². The Labute approximate surface area is 105 Å². The Kier molecular flexibility index (Phi) is 4.15. The molecule has 2 unspecified atom stereocenters. The van der Waals surface area contributed by atoms with Crippen molar-refractivity contribution in [2.24, 2.45) is 0 Å². The van der Waals surface area contributed by atoms with Crippen LogP contribution in [0.15, 0.2) is 24.3 Å². The van der Waals surface area contributed by atoms with Gasteiger partial charge in [-0.3, -0.25) is 4.79 Å². The number of benzene rings is 1. The second-order valence-corrected chi connectivity index (χ2v) is 4.57. The summed E-state index contributed by atoms with van der Waals surface area (Å²) in [6, 6.07) is 6.63. The lowest BCUT2D eigenvalue weighted by Gasteiger charge is -2.29. The molecule has 4 nitrogen and oxygen atoms in total. The number of aliphatic hydroxyl groups excluding tert-OH is 1. The van der Waals surface area contributed by atoms with Crippen molar-refractivity contribution in [1.29, 1.82) is 0 Å². The molecule has 1 saturated carbocycles. The van der Waals surface area contributed by atoms with Crippen LogP contribution in [0, 0.1) is 0 Å². The van der Waals surface area contributed by atoms with Gasteiger partial charge < -0.3 is 10.4 Å². The van der Waals surface area contributed by atoms with Crippen molar-refractivity contribution in [2.45, 2.75) is 37.8 Å². The van der Waals surface area contributed by atoms with Gasteiger partial charge in [-0.05, 0) is 25.0 Å². The average molecular weight is 252 g/mol. The molecule has 1 aliphatic rings. The lowest BCUT2D eigenvalue weighted by atomic mass is 9.92. The van der Waals surface area contributed by atoms with Gasteiger partial charge in [-0.15, -0.1) is 0 Å². The molecule has 0 aromatic heterocycles. The van der Waals surface area contributed by atoms with E-state index in [1.54, 1.807) is 24.3 Å². The summed E-state index contributed by atoms with van der Waals surface area (Å²) in [5.41, 5.74) is 1.93. The van der Waals surface area contributed by atoms with Gasteiger partial charge in [0.1, 0.15) is 0 Å². The normalized spacial score (nSPS) is 23.4. The van der Waals surface area contributed by atoms with E-state index in [0.29, 0.717) is 5.69 Å². The second kappa shape index (κ2) is 5.82. The van der Waals surface area contributed by atoms with Gasteiger partial charge in [0, 0.05) is 5.69 Å². The highest BCUT2D eigenvalue weighted by Gasteiger charge is 2.24. The fourth-order valence-electron chi connectivity index (χ4n) is 2.34. The summed E-state index contributed by atoms with van der Waals surface area (Å²) in [5.74, 6) is -0.775. The van der Waals surface area contributed by atoms with E-state index < -0.39 is 12.0 Å². The topological polar surface area (TPSA) is 61.4 Å². The van der Waals surface area contributed by atoms with Crippen LogP contribution in [0.1, 0.15) is 36.0 Å². The van der Waals surface area contributed by atoms with Crippen molar-refractivity contribution < 1.29 is 14.4 Å². The van der Waals surface area contributed by atoms with Crippen molar-refractivity contribution in [3.8, 4) is 0 Å². The summed E-state index contributed by atoms with van der Waals surface area (Å²) in [5, 5.41) is 13.0. The van der Waals surface area contributed by atoms with E-state index in [4.69, 9.17) is 0 Å². The quantitative estimate of drug-likeness (QED) is 0.721. The standard InChI is InChI=1S/C13H17FN2O2/c14-16-13(18)9-5-1-2-6-10(9)15-11-7-3-4-8-12(11)17/h1-2,5-6,11-12,15,17H,3-4,7-8H2,(H,16,18). The van der Waals surface area contributed by atoms with Crippen LogP contribution >= 0.6 is 0 Å². The summed E-state index contributed by atoms with van der Waals surface area (Å²) < 4.78 is 12.2. The number of halogens is 1. The molecular formula is C13H17FN2O2. The molecule has 2 rings (SSSR count). The molecule has 1 aliphatic carbocycles. The predicted molar refractivity (Wildman–Crippen MR) is 66.9 cm³/mol. The number of nitrogens with one attached hydrogen (secondary N) is 2. The Morgan fingerprint density at radius 1 is 1.28 bits per heavy atom. The summed E-state index contributed by atoms with van der Waals surface area (Å²) in [6.07, 6.45) is 3.26. The maximum Gasteiger partial charge on any atom is 0.281 e. The average Bonchev–Trinajstić information content (AvgIpc) is 2.41. The molecule has 1 fully saturated rings. The molecule has 0 heterocycles. The smallest absolute Gasteiger partial charge is 0.281 e. The van der Waals surface area contributed by atoms with Crippen molar-refractivity contribution in [3.05, 3.63) is 29.8 Å². The van der Waals surface area contributed by atoms with E-state index in [9.17, 15) is 14.4 Å². The molecular weight excluding hydrogens is 235 g/mol. The van der Waals surface area contributed by atoms with Gasteiger partial charge in [0.2, 0.25) is 0 Å². The molecule has 1 aromatic carbocycles. The largest absolute Gasteiger partial charge is 0.391 e. The third-order valence-corrected chi connectivity index (χ3v) is 3.33. The fraction of sp³-hybridized carbons (Fsp3) is 0.462. The molecule has 18 heavy (non-hydrogen) atoms. The first-order valence-corrected chi connectivity index (χ1v) is 6.17. The monoisotopic (exact) mass is 252 g/mol. The molecule has 0 radical (unpaired) electrons. The minimum atomic E-state index is -0.775. The number of rotatable bonds is 3. The van der Waals surface area contributed by atoms with Gasteiger partial charge in [0.25, 0.3) is 5.91 Å². The molecule has 2 atom stereocenters. The van der Waals surface area contributed by atoms with Gasteiger partial charge in [-0.25, -0.2) is 0 Å². The first-order chi connectivity index (χ1) is 8.72. The van der Waals surface area contributed by atoms with Crippen LogP contribution < -0.4 is 10.9 Å². The van der Waals surface area contributed by atoms with Crippen molar-refractivity contribution in [1.82, 2.24) is 5.54 Å². The summed E-state index contributed by atoms with van der Waals surface area (Å²) >= 11 is 0. The van der Waals surface area contributed by atoms with Crippen LogP contribution in [0.3, 0.4) is 0 Å². The van der Waals surface area contributed by atoms with E-state index in [1.807, 2.05) is 0 Å². The zero-order valence-electron chi connectivity index (χ0n) is 10.0. The van der Waals surface area contributed by atoms with Crippen LogP contribution in [0.5, 0.6) is 0 Å². The van der Waals surface area contributed by atoms with Gasteiger partial charge in [0.05, 0.1) is 17.7 Å². The Morgan fingerprint density at radius 2 is 2.00 bits per heavy atom. The lowest BCUT2D eigenvalue weighted by molar-refractivity contribution is 0.0859. The number of hydrogen-bond donors (Lipinski definition) is 3. The first-order valence-electron chi connectivity index (χ1n) is 6.17. The molecule has 98 valence electrons. The van der Waals surface area contributed by atoms with Crippen LogP contribution in [0.25, 0.3) is 0 Å². The number of aliphatic hydroxyl groups is 1. The zero-order chi connectivity index (χ0) is 13.0. The summed E-state index contributed by atoms with van der Waals surface area (Å²) in [7, 11) is 0. The molecule has 1 amide bonds. The van der Waals surface area contributed by atoms with Crippen molar-refractivity contribution in [2.75, 3.05) is 5.32 Å². The molecule has 0 aliphatic heterocycles. The lowest BCUT2D eigenvalue weighted by Crippen LogP contribution is -2.36. The molecule has 0 bridgehead atoms. The maximum atomic E-state index is 12.2. The predicted octanol–water partition coefficient (Wildman–Crippen LogP) is 2.02. The van der Waals surface area contributed by atoms with E-state index in [2.05, 4.69) is 5.32 Å². The number of para-hydroxylation sites is 1. The highest BCUT2D eigenvalue weighted by molar-refractivity contribution is 5.98. The SMILES string of the molecule is O=C(NF)c1ccccc1NC1CCCCC1O.